The quantitative estimate of drug-likeness (QED) is 0.620. The van der Waals surface area contributed by atoms with Crippen LogP contribution in [0.4, 0.5) is 11.4 Å². The first-order valence-corrected chi connectivity index (χ1v) is 11.7. The van der Waals surface area contributed by atoms with Gasteiger partial charge in [-0.25, -0.2) is 13.4 Å². The largest absolute Gasteiger partial charge is 0.339 e. The van der Waals surface area contributed by atoms with Crippen molar-refractivity contribution in [1.29, 1.82) is 0 Å². The number of anilines is 2. The van der Waals surface area contributed by atoms with Crippen LogP contribution in [0.2, 0.25) is 0 Å². The number of rotatable bonds is 6. The van der Waals surface area contributed by atoms with Gasteiger partial charge in [-0.05, 0) is 50.1 Å². The van der Waals surface area contributed by atoms with Crippen molar-refractivity contribution in [2.45, 2.75) is 30.7 Å². The molecule has 0 aliphatic carbocycles. The number of sulfonamides is 2. The summed E-state index contributed by atoms with van der Waals surface area (Å²) in [6, 6.07) is 9.65. The van der Waals surface area contributed by atoms with Gasteiger partial charge in [0.25, 0.3) is 20.0 Å². The van der Waals surface area contributed by atoms with E-state index < -0.39 is 20.0 Å². The Morgan fingerprint density at radius 1 is 0.828 bits per heavy atom. The zero-order valence-electron chi connectivity index (χ0n) is 16.5. The van der Waals surface area contributed by atoms with Crippen molar-refractivity contribution in [2.75, 3.05) is 9.44 Å². The first kappa shape index (κ1) is 20.9. The Kier molecular flexibility index (Phi) is 5.42. The van der Waals surface area contributed by atoms with Gasteiger partial charge in [-0.1, -0.05) is 23.8 Å². The van der Waals surface area contributed by atoms with E-state index in [1.807, 2.05) is 26.0 Å². The Balaban J connectivity index is 1.93. The van der Waals surface area contributed by atoms with E-state index in [-0.39, 0.29) is 15.6 Å². The summed E-state index contributed by atoms with van der Waals surface area (Å²) in [5, 5.41) is -0.152. The molecule has 0 fully saturated rings. The van der Waals surface area contributed by atoms with Gasteiger partial charge in [0, 0.05) is 13.2 Å². The highest BCUT2D eigenvalue weighted by atomic mass is 32.2. The Hall–Kier alpha value is -2.85. The van der Waals surface area contributed by atoms with Crippen LogP contribution in [-0.4, -0.2) is 26.4 Å². The average molecular weight is 435 g/mol. The summed E-state index contributed by atoms with van der Waals surface area (Å²) in [6.07, 6.45) is 2.73. The minimum atomic E-state index is -3.94. The molecule has 2 N–H and O–H groups in total. The Morgan fingerprint density at radius 3 is 2.14 bits per heavy atom. The molecular formula is C19H22N4O4S2. The molecule has 0 spiro atoms. The van der Waals surface area contributed by atoms with E-state index in [1.54, 1.807) is 26.1 Å². The van der Waals surface area contributed by atoms with E-state index in [9.17, 15) is 16.8 Å². The van der Waals surface area contributed by atoms with Gasteiger partial charge in [0.15, 0.2) is 5.03 Å². The van der Waals surface area contributed by atoms with E-state index in [2.05, 4.69) is 14.4 Å². The first-order chi connectivity index (χ1) is 13.5. The SMILES string of the molecule is Cc1ccc(NS(=O)(=O)c2ccc(C)c(NS(=O)(=O)c3cn(C)cn3)c2)c(C)c1. The zero-order valence-corrected chi connectivity index (χ0v) is 18.1. The molecule has 154 valence electrons. The monoisotopic (exact) mass is 434 g/mol. The molecule has 1 heterocycles. The number of nitrogens with one attached hydrogen (secondary N) is 2. The predicted molar refractivity (Wildman–Crippen MR) is 112 cm³/mol. The number of nitrogens with zero attached hydrogens (tertiary/aromatic N) is 2. The number of benzene rings is 2. The van der Waals surface area contributed by atoms with E-state index in [0.717, 1.165) is 11.1 Å². The van der Waals surface area contributed by atoms with Gasteiger partial charge in [0.2, 0.25) is 0 Å². The molecule has 0 amide bonds. The molecule has 2 aromatic carbocycles. The molecule has 0 unspecified atom stereocenters. The minimum Gasteiger partial charge on any atom is -0.339 e. The fraction of sp³-hybridized carbons (Fsp3) is 0.211. The van der Waals surface area contributed by atoms with Crippen LogP contribution in [0.5, 0.6) is 0 Å². The maximum absolute atomic E-state index is 12.8. The normalized spacial score (nSPS) is 12.0. The lowest BCUT2D eigenvalue weighted by molar-refractivity contribution is 0.596. The lowest BCUT2D eigenvalue weighted by Gasteiger charge is -2.14. The van der Waals surface area contributed by atoms with E-state index >= 15 is 0 Å². The molecule has 0 bridgehead atoms. The smallest absolute Gasteiger partial charge is 0.280 e. The van der Waals surface area contributed by atoms with Crippen LogP contribution in [0, 0.1) is 20.8 Å². The van der Waals surface area contributed by atoms with Gasteiger partial charge in [0.05, 0.1) is 22.6 Å². The fourth-order valence-electron chi connectivity index (χ4n) is 2.73. The zero-order chi connectivity index (χ0) is 21.4. The van der Waals surface area contributed by atoms with Crippen LogP contribution < -0.4 is 9.44 Å². The lowest BCUT2D eigenvalue weighted by Crippen LogP contribution is -2.17. The van der Waals surface area contributed by atoms with Gasteiger partial charge in [0.1, 0.15) is 0 Å². The summed E-state index contributed by atoms with van der Waals surface area (Å²) in [5.41, 5.74) is 3.02. The van der Waals surface area contributed by atoms with E-state index in [4.69, 9.17) is 0 Å². The summed E-state index contributed by atoms with van der Waals surface area (Å²) in [6.45, 7) is 5.42. The molecule has 0 atom stereocenters. The second kappa shape index (κ2) is 7.53. The topological polar surface area (TPSA) is 110 Å². The van der Waals surface area contributed by atoms with Crippen LogP contribution in [-0.2, 0) is 27.1 Å². The van der Waals surface area contributed by atoms with Gasteiger partial charge < -0.3 is 4.57 Å². The summed E-state index contributed by atoms with van der Waals surface area (Å²) in [7, 11) is -6.20. The van der Waals surface area contributed by atoms with Crippen LogP contribution >= 0.6 is 0 Å². The van der Waals surface area contributed by atoms with Crippen LogP contribution in [0.25, 0.3) is 0 Å². The number of aryl methyl sites for hydroxylation is 4. The third-order valence-corrected chi connectivity index (χ3v) is 6.96. The standard InChI is InChI=1S/C19H22N4O4S2/c1-13-5-8-17(15(3)9-13)21-28(24,25)16-7-6-14(2)18(10-16)22-29(26,27)19-11-23(4)12-20-19/h5-12,21-22H,1-4H3. The molecule has 3 aromatic rings. The van der Waals surface area contributed by atoms with Crippen molar-refractivity contribution in [3.63, 3.8) is 0 Å². The Morgan fingerprint density at radius 2 is 1.52 bits per heavy atom. The van der Waals surface area contributed by atoms with Gasteiger partial charge in [-0.15, -0.1) is 0 Å². The van der Waals surface area contributed by atoms with Crippen molar-refractivity contribution >= 4 is 31.4 Å². The number of hydrogen-bond acceptors (Lipinski definition) is 5. The third-order valence-electron chi connectivity index (χ3n) is 4.35. The molecule has 0 saturated carbocycles. The van der Waals surface area contributed by atoms with Crippen molar-refractivity contribution in [3.8, 4) is 0 Å². The van der Waals surface area contributed by atoms with Crippen molar-refractivity contribution in [3.05, 3.63) is 65.6 Å². The summed E-state index contributed by atoms with van der Waals surface area (Å²) in [5.74, 6) is 0. The summed E-state index contributed by atoms with van der Waals surface area (Å²) < 4.78 is 57.2. The molecule has 0 saturated heterocycles. The second-order valence-electron chi connectivity index (χ2n) is 6.88. The van der Waals surface area contributed by atoms with Crippen LogP contribution in [0.3, 0.4) is 0 Å². The number of imidazole rings is 1. The maximum Gasteiger partial charge on any atom is 0.280 e. The van der Waals surface area contributed by atoms with Gasteiger partial charge in [-0.3, -0.25) is 9.44 Å². The van der Waals surface area contributed by atoms with Gasteiger partial charge >= 0.3 is 0 Å². The Labute approximate surface area is 170 Å². The van der Waals surface area contributed by atoms with Crippen molar-refractivity contribution in [2.24, 2.45) is 7.05 Å². The molecule has 10 heteroatoms. The van der Waals surface area contributed by atoms with Crippen molar-refractivity contribution in [1.82, 2.24) is 9.55 Å². The lowest BCUT2D eigenvalue weighted by atomic mass is 10.1. The van der Waals surface area contributed by atoms with Gasteiger partial charge in [-0.2, -0.15) is 8.42 Å². The second-order valence-corrected chi connectivity index (χ2v) is 10.2. The van der Waals surface area contributed by atoms with Crippen LogP contribution in [0.1, 0.15) is 16.7 Å². The molecule has 0 aliphatic rings. The number of hydrogen-bond donors (Lipinski definition) is 2. The number of aromatic nitrogens is 2. The fourth-order valence-corrected chi connectivity index (χ4v) is 5.00. The molecule has 0 aliphatic heterocycles. The Bertz CT molecular complexity index is 1280. The molecule has 3 rings (SSSR count). The molecule has 29 heavy (non-hydrogen) atoms. The van der Waals surface area contributed by atoms with Crippen LogP contribution in [0.15, 0.2) is 58.8 Å². The molecule has 8 nitrogen and oxygen atoms in total. The maximum atomic E-state index is 12.8. The molecule has 0 radical (unpaired) electrons. The first-order valence-electron chi connectivity index (χ1n) is 8.69. The summed E-state index contributed by atoms with van der Waals surface area (Å²) in [4.78, 5) is 3.79. The minimum absolute atomic E-state index is 0.0539. The highest BCUT2D eigenvalue weighted by molar-refractivity contribution is 7.93. The highest BCUT2D eigenvalue weighted by Gasteiger charge is 2.21. The van der Waals surface area contributed by atoms with E-state index in [0.29, 0.717) is 11.3 Å². The predicted octanol–water partition coefficient (Wildman–Crippen LogP) is 2.95. The van der Waals surface area contributed by atoms with Crippen molar-refractivity contribution < 1.29 is 16.8 Å². The average Bonchev–Trinajstić information content (AvgIpc) is 3.06. The third kappa shape index (κ3) is 4.60. The molecular weight excluding hydrogens is 412 g/mol. The summed E-state index contributed by atoms with van der Waals surface area (Å²) >= 11 is 0. The van der Waals surface area contributed by atoms with E-state index in [1.165, 1.54) is 29.2 Å². The molecule has 1 aromatic heterocycles. The highest BCUT2D eigenvalue weighted by Crippen LogP contribution is 2.26.